The van der Waals surface area contributed by atoms with E-state index in [9.17, 15) is 10.0 Å². The van der Waals surface area contributed by atoms with E-state index in [1.807, 2.05) is 0 Å². The second-order valence-corrected chi connectivity index (χ2v) is 2.76. The molecule has 0 bridgehead atoms. The van der Waals surface area contributed by atoms with Crippen LogP contribution in [-0.2, 0) is 0 Å². The van der Waals surface area contributed by atoms with Crippen molar-refractivity contribution in [3.63, 3.8) is 0 Å². The summed E-state index contributed by atoms with van der Waals surface area (Å²) in [7, 11) is 1.34. The van der Waals surface area contributed by atoms with Crippen molar-refractivity contribution in [3.05, 3.63) is 15.6 Å². The van der Waals surface area contributed by atoms with Crippen LogP contribution in [0.25, 0.3) is 0 Å². The number of methoxy groups -OCH3 is 1. The van der Waals surface area contributed by atoms with Gasteiger partial charge in [0.2, 0.25) is 11.6 Å². The zero-order valence-corrected chi connectivity index (χ0v) is 7.70. The van der Waals surface area contributed by atoms with Crippen LogP contribution in [-0.4, -0.2) is 17.2 Å². The molecule has 64 valence electrons. The van der Waals surface area contributed by atoms with Crippen molar-refractivity contribution in [2.75, 3.05) is 7.11 Å². The quantitative estimate of drug-likeness (QED) is 0.792. The fraction of sp³-hybridized carbons (Fsp3) is 0.167. The first-order valence-electron chi connectivity index (χ1n) is 2.95. The molecule has 0 spiro atoms. The van der Waals surface area contributed by atoms with Crippen molar-refractivity contribution < 1.29 is 9.84 Å². The molecule has 12 heavy (non-hydrogen) atoms. The first-order chi connectivity index (χ1) is 5.70. The molecule has 1 rings (SSSR count). The van der Waals surface area contributed by atoms with Gasteiger partial charge in [0, 0.05) is 6.20 Å². The molecule has 0 aromatic carbocycles. The molecular weight excluding hydrogens is 228 g/mol. The van der Waals surface area contributed by atoms with Crippen LogP contribution in [0.3, 0.4) is 0 Å². The lowest BCUT2D eigenvalue weighted by Gasteiger charge is -2.02. The maximum absolute atomic E-state index is 10.2. The van der Waals surface area contributed by atoms with E-state index in [0.29, 0.717) is 4.47 Å². The third kappa shape index (κ3) is 1.38. The van der Waals surface area contributed by atoms with Crippen molar-refractivity contribution in [2.24, 2.45) is 5.18 Å². The first-order valence-corrected chi connectivity index (χ1v) is 3.74. The molecule has 0 amide bonds. The topological polar surface area (TPSA) is 71.8 Å². The molecule has 1 heterocycles. The Morgan fingerprint density at radius 2 is 2.42 bits per heavy atom. The summed E-state index contributed by atoms with van der Waals surface area (Å²) in [6.07, 6.45) is 1.32. The molecule has 0 aliphatic rings. The molecule has 5 nitrogen and oxygen atoms in total. The van der Waals surface area contributed by atoms with Gasteiger partial charge >= 0.3 is 0 Å². The van der Waals surface area contributed by atoms with Gasteiger partial charge < -0.3 is 9.84 Å². The Bertz CT molecular complexity index is 316. The minimum absolute atomic E-state index is 0.00528. The number of nitrogens with zero attached hydrogens (tertiary/aromatic N) is 2. The smallest absolute Gasteiger partial charge is 0.247 e. The van der Waals surface area contributed by atoms with Crippen LogP contribution in [0.2, 0.25) is 0 Å². The van der Waals surface area contributed by atoms with Gasteiger partial charge in [-0.3, -0.25) is 0 Å². The SMILES string of the molecule is COc1ncc(Br)c(O)c1N=O. The van der Waals surface area contributed by atoms with E-state index in [2.05, 4.69) is 30.8 Å². The molecule has 0 saturated carbocycles. The highest BCUT2D eigenvalue weighted by atomic mass is 79.9. The minimum Gasteiger partial charge on any atom is -0.504 e. The summed E-state index contributed by atoms with van der Waals surface area (Å²) in [5.74, 6) is -0.262. The van der Waals surface area contributed by atoms with E-state index in [4.69, 9.17) is 0 Å². The fourth-order valence-electron chi connectivity index (χ4n) is 0.684. The molecule has 0 atom stereocenters. The molecule has 1 aromatic heterocycles. The Labute approximate surface area is 76.5 Å². The van der Waals surface area contributed by atoms with Crippen molar-refractivity contribution in [2.45, 2.75) is 0 Å². The van der Waals surface area contributed by atoms with Gasteiger partial charge in [-0.25, -0.2) is 4.98 Å². The largest absolute Gasteiger partial charge is 0.504 e. The Morgan fingerprint density at radius 1 is 1.75 bits per heavy atom. The summed E-state index contributed by atoms with van der Waals surface area (Å²) in [5.41, 5.74) is -0.202. The van der Waals surface area contributed by atoms with Gasteiger partial charge in [0.15, 0.2) is 5.75 Å². The number of hydrogen-bond acceptors (Lipinski definition) is 5. The number of rotatable bonds is 2. The lowest BCUT2D eigenvalue weighted by atomic mass is 10.4. The van der Waals surface area contributed by atoms with Crippen molar-refractivity contribution in [1.82, 2.24) is 4.98 Å². The first kappa shape index (κ1) is 8.92. The van der Waals surface area contributed by atoms with E-state index < -0.39 is 0 Å². The average molecular weight is 233 g/mol. The number of hydrogen-bond donors (Lipinski definition) is 1. The zero-order chi connectivity index (χ0) is 9.14. The average Bonchev–Trinajstić information content (AvgIpc) is 2.09. The molecule has 0 aliphatic heterocycles. The Kier molecular flexibility index (Phi) is 2.59. The van der Waals surface area contributed by atoms with Gasteiger partial charge in [-0.15, -0.1) is 4.91 Å². The lowest BCUT2D eigenvalue weighted by Crippen LogP contribution is -1.87. The molecule has 0 unspecified atom stereocenters. The molecule has 1 N–H and O–H groups in total. The van der Waals surface area contributed by atoms with Crippen LogP contribution in [0.5, 0.6) is 11.6 Å². The molecule has 1 aromatic rings. The third-order valence-corrected chi connectivity index (χ3v) is 1.81. The molecule has 0 radical (unpaired) electrons. The Morgan fingerprint density at radius 3 is 2.92 bits per heavy atom. The third-order valence-electron chi connectivity index (χ3n) is 1.23. The van der Waals surface area contributed by atoms with Gasteiger partial charge in [0.1, 0.15) is 0 Å². The Hall–Kier alpha value is -1.17. The molecular formula is C6H5BrN2O3. The lowest BCUT2D eigenvalue weighted by molar-refractivity contribution is 0.392. The second kappa shape index (κ2) is 3.48. The molecule has 0 saturated heterocycles. The van der Waals surface area contributed by atoms with Gasteiger partial charge in [-0.05, 0) is 21.1 Å². The van der Waals surface area contributed by atoms with Gasteiger partial charge in [0.25, 0.3) is 0 Å². The normalized spacial score (nSPS) is 9.50. The monoisotopic (exact) mass is 232 g/mol. The highest BCUT2D eigenvalue weighted by molar-refractivity contribution is 9.10. The van der Waals surface area contributed by atoms with Crippen molar-refractivity contribution in [1.29, 1.82) is 0 Å². The van der Waals surface area contributed by atoms with Crippen LogP contribution < -0.4 is 4.74 Å². The maximum Gasteiger partial charge on any atom is 0.247 e. The summed E-state index contributed by atoms with van der Waals surface area (Å²) in [5, 5.41) is 11.8. The number of nitroso groups, excluding NO2 is 1. The predicted molar refractivity (Wildman–Crippen MR) is 45.6 cm³/mol. The molecule has 0 aliphatic carbocycles. The molecule has 6 heteroatoms. The van der Waals surface area contributed by atoms with Crippen LogP contribution in [0.4, 0.5) is 5.69 Å². The molecule has 0 fully saturated rings. The van der Waals surface area contributed by atoms with Crippen LogP contribution in [0, 0.1) is 4.91 Å². The zero-order valence-electron chi connectivity index (χ0n) is 6.11. The predicted octanol–water partition coefficient (Wildman–Crippen LogP) is 1.96. The van der Waals surface area contributed by atoms with Crippen molar-refractivity contribution >= 4 is 21.6 Å². The van der Waals surface area contributed by atoms with E-state index in [-0.39, 0.29) is 17.3 Å². The maximum atomic E-state index is 10.2. The van der Waals surface area contributed by atoms with Crippen LogP contribution >= 0.6 is 15.9 Å². The van der Waals surface area contributed by atoms with Crippen LogP contribution in [0.1, 0.15) is 0 Å². The van der Waals surface area contributed by atoms with Gasteiger partial charge in [-0.1, -0.05) is 0 Å². The van der Waals surface area contributed by atoms with E-state index in [0.717, 1.165) is 0 Å². The summed E-state index contributed by atoms with van der Waals surface area (Å²) < 4.78 is 4.99. The Balaban J connectivity index is 3.35. The minimum atomic E-state index is -0.267. The summed E-state index contributed by atoms with van der Waals surface area (Å²) in [4.78, 5) is 13.9. The number of aromatic hydroxyl groups is 1. The number of halogens is 1. The van der Waals surface area contributed by atoms with E-state index >= 15 is 0 Å². The summed E-state index contributed by atoms with van der Waals surface area (Å²) in [6.45, 7) is 0. The van der Waals surface area contributed by atoms with Gasteiger partial charge in [0.05, 0.1) is 11.6 Å². The van der Waals surface area contributed by atoms with E-state index in [1.165, 1.54) is 13.3 Å². The number of pyridine rings is 1. The summed E-state index contributed by atoms with van der Waals surface area (Å²) >= 11 is 2.98. The second-order valence-electron chi connectivity index (χ2n) is 1.90. The summed E-state index contributed by atoms with van der Waals surface area (Å²) in [6, 6.07) is 0. The highest BCUT2D eigenvalue weighted by Gasteiger charge is 2.13. The van der Waals surface area contributed by atoms with E-state index in [1.54, 1.807) is 0 Å². The standard InChI is InChI=1S/C6H5BrN2O3/c1-12-6-4(9-11)5(10)3(7)2-8-6/h2H,1H3,(H,8,10). The number of aromatic nitrogens is 1. The fourth-order valence-corrected chi connectivity index (χ4v) is 0.974. The van der Waals surface area contributed by atoms with Gasteiger partial charge in [-0.2, -0.15) is 0 Å². The highest BCUT2D eigenvalue weighted by Crippen LogP contribution is 2.39. The van der Waals surface area contributed by atoms with Crippen molar-refractivity contribution in [3.8, 4) is 11.6 Å². The number of ether oxygens (including phenoxy) is 1. The van der Waals surface area contributed by atoms with Crippen LogP contribution in [0.15, 0.2) is 15.8 Å².